The molecule has 0 atom stereocenters. The van der Waals surface area contributed by atoms with Crippen LogP contribution in [0.2, 0.25) is 0 Å². The zero-order valence-corrected chi connectivity index (χ0v) is 14.7. The third-order valence-electron chi connectivity index (χ3n) is 4.94. The second kappa shape index (κ2) is 6.64. The molecular formula is C22H20N2O2. The first-order chi connectivity index (χ1) is 12.6. The molecule has 0 aliphatic carbocycles. The molecule has 2 amide bonds. The standard InChI is InChI=1S/C22H20N2O2/c1-24-20-11-10-18(13-17(20)9-12-22(24)26)23-21(25)14-16-7-4-6-15-5-2-3-8-19(15)16/h2-8,10-11,13H,9,12,14H2,1H3,(H,23,25). The minimum absolute atomic E-state index is 0.0402. The molecule has 3 aromatic carbocycles. The average Bonchev–Trinajstić information content (AvgIpc) is 2.65. The highest BCUT2D eigenvalue weighted by molar-refractivity contribution is 5.98. The fourth-order valence-corrected chi connectivity index (χ4v) is 3.56. The monoisotopic (exact) mass is 344 g/mol. The minimum Gasteiger partial charge on any atom is -0.326 e. The molecule has 3 aromatic rings. The number of carbonyl (C=O) groups excluding carboxylic acids is 2. The van der Waals surface area contributed by atoms with Gasteiger partial charge in [0.1, 0.15) is 0 Å². The van der Waals surface area contributed by atoms with E-state index in [0.717, 1.165) is 33.3 Å². The van der Waals surface area contributed by atoms with Crippen LogP contribution in [0.1, 0.15) is 17.5 Å². The van der Waals surface area contributed by atoms with Gasteiger partial charge in [0, 0.05) is 24.8 Å². The maximum absolute atomic E-state index is 12.5. The molecule has 1 aliphatic rings. The van der Waals surface area contributed by atoms with Crippen LogP contribution in [0.5, 0.6) is 0 Å². The molecule has 1 N–H and O–H groups in total. The molecule has 0 aromatic heterocycles. The smallest absolute Gasteiger partial charge is 0.228 e. The molecule has 0 saturated carbocycles. The van der Waals surface area contributed by atoms with E-state index in [-0.39, 0.29) is 11.8 Å². The SMILES string of the molecule is CN1C(=O)CCc2cc(NC(=O)Cc3cccc4ccccc34)ccc21. The summed E-state index contributed by atoms with van der Waals surface area (Å²) in [4.78, 5) is 26.0. The number of benzene rings is 3. The number of hydrogen-bond donors (Lipinski definition) is 1. The zero-order chi connectivity index (χ0) is 18.1. The summed E-state index contributed by atoms with van der Waals surface area (Å²) in [6.45, 7) is 0. The van der Waals surface area contributed by atoms with E-state index in [0.29, 0.717) is 19.3 Å². The van der Waals surface area contributed by atoms with E-state index in [9.17, 15) is 9.59 Å². The number of carbonyl (C=O) groups is 2. The van der Waals surface area contributed by atoms with Crippen molar-refractivity contribution >= 4 is 34.0 Å². The molecular weight excluding hydrogens is 324 g/mol. The maximum Gasteiger partial charge on any atom is 0.228 e. The predicted molar refractivity (Wildman–Crippen MR) is 104 cm³/mol. The molecule has 0 unspecified atom stereocenters. The third kappa shape index (κ3) is 3.06. The lowest BCUT2D eigenvalue weighted by Gasteiger charge is -2.26. The highest BCUT2D eigenvalue weighted by atomic mass is 16.2. The number of hydrogen-bond acceptors (Lipinski definition) is 2. The molecule has 4 rings (SSSR count). The predicted octanol–water partition coefficient (Wildman–Crippen LogP) is 3.93. The van der Waals surface area contributed by atoms with E-state index in [4.69, 9.17) is 0 Å². The molecule has 0 bridgehead atoms. The largest absolute Gasteiger partial charge is 0.326 e. The molecule has 130 valence electrons. The van der Waals surface area contributed by atoms with E-state index in [1.165, 1.54) is 0 Å². The maximum atomic E-state index is 12.5. The van der Waals surface area contributed by atoms with Gasteiger partial charge in [0.2, 0.25) is 11.8 Å². The summed E-state index contributed by atoms with van der Waals surface area (Å²) >= 11 is 0. The lowest BCUT2D eigenvalue weighted by molar-refractivity contribution is -0.118. The fourth-order valence-electron chi connectivity index (χ4n) is 3.56. The summed E-state index contributed by atoms with van der Waals surface area (Å²) in [6.07, 6.45) is 1.55. The minimum atomic E-state index is -0.0402. The Balaban J connectivity index is 1.53. The normalized spacial score (nSPS) is 13.6. The lowest BCUT2D eigenvalue weighted by atomic mass is 10.0. The van der Waals surface area contributed by atoms with Crippen molar-refractivity contribution in [3.05, 3.63) is 71.8 Å². The van der Waals surface area contributed by atoms with Crippen LogP contribution in [0.25, 0.3) is 10.8 Å². The van der Waals surface area contributed by atoms with Crippen LogP contribution in [-0.2, 0) is 22.4 Å². The van der Waals surface area contributed by atoms with Gasteiger partial charge < -0.3 is 10.2 Å². The number of fused-ring (bicyclic) bond motifs is 2. The quantitative estimate of drug-likeness (QED) is 0.783. The zero-order valence-electron chi connectivity index (χ0n) is 14.7. The van der Waals surface area contributed by atoms with Crippen molar-refractivity contribution in [2.75, 3.05) is 17.3 Å². The summed E-state index contributed by atoms with van der Waals surface area (Å²) < 4.78 is 0. The first-order valence-corrected chi connectivity index (χ1v) is 8.78. The van der Waals surface area contributed by atoms with Gasteiger partial charge in [-0.05, 0) is 46.5 Å². The molecule has 1 heterocycles. The van der Waals surface area contributed by atoms with Crippen molar-refractivity contribution in [2.45, 2.75) is 19.3 Å². The van der Waals surface area contributed by atoms with E-state index < -0.39 is 0 Å². The van der Waals surface area contributed by atoms with E-state index in [1.54, 1.807) is 11.9 Å². The Morgan fingerprint density at radius 1 is 1.04 bits per heavy atom. The van der Waals surface area contributed by atoms with Crippen LogP contribution in [-0.4, -0.2) is 18.9 Å². The second-order valence-corrected chi connectivity index (χ2v) is 6.66. The first kappa shape index (κ1) is 16.3. The highest BCUT2D eigenvalue weighted by Gasteiger charge is 2.21. The summed E-state index contributed by atoms with van der Waals surface area (Å²) in [6, 6.07) is 19.9. The molecule has 0 saturated heterocycles. The Morgan fingerprint density at radius 2 is 1.85 bits per heavy atom. The molecule has 4 heteroatoms. The number of aryl methyl sites for hydroxylation is 1. The fraction of sp³-hybridized carbons (Fsp3) is 0.182. The Labute approximate surface area is 152 Å². The topological polar surface area (TPSA) is 49.4 Å². The number of anilines is 2. The van der Waals surface area contributed by atoms with Gasteiger partial charge in [-0.15, -0.1) is 0 Å². The van der Waals surface area contributed by atoms with Gasteiger partial charge in [0.25, 0.3) is 0 Å². The van der Waals surface area contributed by atoms with E-state index >= 15 is 0 Å². The lowest BCUT2D eigenvalue weighted by Crippen LogP contribution is -2.31. The Bertz CT molecular complexity index is 1000. The van der Waals surface area contributed by atoms with Crippen molar-refractivity contribution in [1.29, 1.82) is 0 Å². The molecule has 1 aliphatic heterocycles. The summed E-state index contributed by atoms with van der Waals surface area (Å²) in [7, 11) is 1.79. The van der Waals surface area contributed by atoms with Crippen LogP contribution in [0.3, 0.4) is 0 Å². The highest BCUT2D eigenvalue weighted by Crippen LogP contribution is 2.29. The number of rotatable bonds is 3. The van der Waals surface area contributed by atoms with Crippen LogP contribution < -0.4 is 10.2 Å². The van der Waals surface area contributed by atoms with Crippen molar-refractivity contribution in [3.63, 3.8) is 0 Å². The Morgan fingerprint density at radius 3 is 2.73 bits per heavy atom. The van der Waals surface area contributed by atoms with Crippen LogP contribution >= 0.6 is 0 Å². The third-order valence-corrected chi connectivity index (χ3v) is 4.94. The Kier molecular flexibility index (Phi) is 4.17. The van der Waals surface area contributed by atoms with Gasteiger partial charge in [-0.25, -0.2) is 0 Å². The van der Waals surface area contributed by atoms with Crippen LogP contribution in [0, 0.1) is 0 Å². The van der Waals surface area contributed by atoms with Crippen molar-refractivity contribution in [3.8, 4) is 0 Å². The van der Waals surface area contributed by atoms with Gasteiger partial charge in [0.05, 0.1) is 6.42 Å². The molecule has 0 spiro atoms. The van der Waals surface area contributed by atoms with Gasteiger partial charge in [-0.1, -0.05) is 42.5 Å². The Hall–Kier alpha value is -3.14. The average molecular weight is 344 g/mol. The molecule has 26 heavy (non-hydrogen) atoms. The second-order valence-electron chi connectivity index (χ2n) is 6.66. The number of nitrogens with one attached hydrogen (secondary N) is 1. The molecule has 4 nitrogen and oxygen atoms in total. The van der Waals surface area contributed by atoms with Crippen LogP contribution in [0.15, 0.2) is 60.7 Å². The van der Waals surface area contributed by atoms with Gasteiger partial charge in [-0.2, -0.15) is 0 Å². The van der Waals surface area contributed by atoms with E-state index in [2.05, 4.69) is 17.4 Å². The van der Waals surface area contributed by atoms with Gasteiger partial charge >= 0.3 is 0 Å². The molecule has 0 fully saturated rings. The number of nitrogens with zero attached hydrogens (tertiary/aromatic N) is 1. The number of amides is 2. The van der Waals surface area contributed by atoms with E-state index in [1.807, 2.05) is 48.5 Å². The summed E-state index contributed by atoms with van der Waals surface area (Å²) in [5.41, 5.74) is 3.81. The van der Waals surface area contributed by atoms with Crippen LogP contribution in [0.4, 0.5) is 11.4 Å². The molecule has 0 radical (unpaired) electrons. The van der Waals surface area contributed by atoms with Gasteiger partial charge in [-0.3, -0.25) is 9.59 Å². The van der Waals surface area contributed by atoms with Gasteiger partial charge in [0.15, 0.2) is 0 Å². The first-order valence-electron chi connectivity index (χ1n) is 8.78. The van der Waals surface area contributed by atoms with Crippen molar-refractivity contribution < 1.29 is 9.59 Å². The summed E-state index contributed by atoms with van der Waals surface area (Å²) in [5.74, 6) is 0.0896. The summed E-state index contributed by atoms with van der Waals surface area (Å²) in [5, 5.41) is 5.23. The van der Waals surface area contributed by atoms with Crippen molar-refractivity contribution in [2.24, 2.45) is 0 Å². The van der Waals surface area contributed by atoms with Crippen molar-refractivity contribution in [1.82, 2.24) is 0 Å².